The van der Waals surface area contributed by atoms with E-state index in [4.69, 9.17) is 18.6 Å². The molecule has 1 spiro atoms. The van der Waals surface area contributed by atoms with Gasteiger partial charge in [0.15, 0.2) is 23.1 Å². The number of fused-ring (bicyclic) bond motifs is 1. The van der Waals surface area contributed by atoms with Crippen LogP contribution in [-0.4, -0.2) is 86.4 Å². The Bertz CT molecular complexity index is 1140. The van der Waals surface area contributed by atoms with Crippen molar-refractivity contribution >= 4 is 28.9 Å². The van der Waals surface area contributed by atoms with Gasteiger partial charge in [-0.3, -0.25) is 4.79 Å². The molecule has 1 atom stereocenters. The number of furan rings is 1. The van der Waals surface area contributed by atoms with Gasteiger partial charge in [0.1, 0.15) is 0 Å². The number of piperidine rings is 1. The van der Waals surface area contributed by atoms with Crippen LogP contribution in [0.4, 0.5) is 4.79 Å². The van der Waals surface area contributed by atoms with E-state index in [9.17, 15) is 14.4 Å². The minimum absolute atomic E-state index is 0.0334. The fourth-order valence-corrected chi connectivity index (χ4v) is 5.04. The Morgan fingerprint density at radius 3 is 2.38 bits per heavy atom. The van der Waals surface area contributed by atoms with Gasteiger partial charge >= 0.3 is 12.0 Å². The molecular weight excluding hydrogens is 478 g/mol. The van der Waals surface area contributed by atoms with Gasteiger partial charge in [0.2, 0.25) is 0 Å². The maximum Gasteiger partial charge on any atom is 0.330 e. The van der Waals surface area contributed by atoms with Gasteiger partial charge in [-0.05, 0) is 57.6 Å². The summed E-state index contributed by atoms with van der Waals surface area (Å²) >= 11 is 0. The Morgan fingerprint density at radius 1 is 1.08 bits per heavy atom. The molecule has 4 rings (SSSR count). The molecule has 1 N–H and O–H groups in total. The number of methoxy groups -OCH3 is 2. The molecule has 2 fully saturated rings. The third-order valence-corrected chi connectivity index (χ3v) is 7.24. The average molecular weight is 516 g/mol. The van der Waals surface area contributed by atoms with Gasteiger partial charge in [0.05, 0.1) is 26.4 Å². The molecule has 2 aliphatic heterocycles. The second-order valence-corrected chi connectivity index (χ2v) is 10.9. The van der Waals surface area contributed by atoms with Crippen LogP contribution in [0.3, 0.4) is 0 Å². The molecule has 1 aromatic heterocycles. The predicted molar refractivity (Wildman–Crippen MR) is 137 cm³/mol. The second kappa shape index (κ2) is 10.6. The molecule has 1 aromatic carbocycles. The Hall–Kier alpha value is -3.27. The van der Waals surface area contributed by atoms with Gasteiger partial charge in [-0.2, -0.15) is 0 Å². The maximum atomic E-state index is 13.2. The number of likely N-dealkylation sites (tertiary alicyclic amines) is 2. The fraction of sp³-hybridized carbons (Fsp3) is 0.593. The summed E-state index contributed by atoms with van der Waals surface area (Å²) in [6.07, 6.45) is 2.44. The average Bonchev–Trinajstić information content (AvgIpc) is 3.50. The minimum Gasteiger partial charge on any atom is -0.493 e. The van der Waals surface area contributed by atoms with Gasteiger partial charge in [0.25, 0.3) is 5.91 Å². The van der Waals surface area contributed by atoms with Gasteiger partial charge in [0, 0.05) is 31.6 Å². The summed E-state index contributed by atoms with van der Waals surface area (Å²) in [6, 6.07) is 6.13. The molecule has 0 radical (unpaired) electrons. The molecule has 1 unspecified atom stereocenters. The van der Waals surface area contributed by atoms with E-state index in [2.05, 4.69) is 5.32 Å². The molecule has 37 heavy (non-hydrogen) atoms. The summed E-state index contributed by atoms with van der Waals surface area (Å²) in [5, 5.41) is 3.60. The highest BCUT2D eigenvalue weighted by Gasteiger charge is 2.43. The molecule has 10 heteroatoms. The monoisotopic (exact) mass is 515 g/mol. The predicted octanol–water partition coefficient (Wildman–Crippen LogP) is 3.44. The maximum absolute atomic E-state index is 13.2. The lowest BCUT2D eigenvalue weighted by Crippen LogP contribution is -2.51. The van der Waals surface area contributed by atoms with Crippen LogP contribution in [0.5, 0.6) is 5.75 Å². The Kier molecular flexibility index (Phi) is 7.68. The molecule has 202 valence electrons. The van der Waals surface area contributed by atoms with Crippen molar-refractivity contribution in [1.82, 2.24) is 15.1 Å². The van der Waals surface area contributed by atoms with E-state index in [1.807, 2.05) is 37.8 Å². The first-order chi connectivity index (χ1) is 17.5. The number of rotatable bonds is 6. The molecule has 3 amide bonds. The lowest BCUT2D eigenvalue weighted by Gasteiger charge is -2.39. The first-order valence-electron chi connectivity index (χ1n) is 12.7. The number of esters is 1. The highest BCUT2D eigenvalue weighted by Crippen LogP contribution is 2.41. The first-order valence-corrected chi connectivity index (χ1v) is 12.7. The van der Waals surface area contributed by atoms with Gasteiger partial charge in [-0.15, -0.1) is 0 Å². The molecule has 3 heterocycles. The third-order valence-electron chi connectivity index (χ3n) is 7.24. The summed E-state index contributed by atoms with van der Waals surface area (Å²) in [5.74, 6) is 0.217. The van der Waals surface area contributed by atoms with Crippen molar-refractivity contribution in [3.63, 3.8) is 0 Å². The minimum atomic E-state index is -0.879. The highest BCUT2D eigenvalue weighted by atomic mass is 16.5. The van der Waals surface area contributed by atoms with Gasteiger partial charge < -0.3 is 33.7 Å². The zero-order valence-electron chi connectivity index (χ0n) is 22.3. The number of carbonyl (C=O) groups is 3. The number of amides is 3. The number of nitrogens with one attached hydrogen (secondary N) is 1. The van der Waals surface area contributed by atoms with Crippen LogP contribution in [0.2, 0.25) is 0 Å². The summed E-state index contributed by atoms with van der Waals surface area (Å²) in [6.45, 7) is 8.04. The van der Waals surface area contributed by atoms with E-state index >= 15 is 0 Å². The zero-order chi connectivity index (χ0) is 26.8. The number of hydrogen-bond acceptors (Lipinski definition) is 7. The molecule has 2 aromatic rings. The molecule has 0 saturated carbocycles. The summed E-state index contributed by atoms with van der Waals surface area (Å²) in [7, 11) is 2.86. The van der Waals surface area contributed by atoms with Crippen LogP contribution in [0.25, 0.3) is 11.0 Å². The van der Waals surface area contributed by atoms with Gasteiger partial charge in [-0.25, -0.2) is 9.59 Å². The van der Waals surface area contributed by atoms with Crippen molar-refractivity contribution in [2.24, 2.45) is 5.41 Å². The largest absolute Gasteiger partial charge is 0.493 e. The van der Waals surface area contributed by atoms with Crippen LogP contribution in [0.1, 0.15) is 50.6 Å². The quantitative estimate of drug-likeness (QED) is 0.587. The van der Waals surface area contributed by atoms with E-state index in [-0.39, 0.29) is 24.0 Å². The van der Waals surface area contributed by atoms with Crippen molar-refractivity contribution in [2.45, 2.75) is 51.7 Å². The Morgan fingerprint density at radius 2 is 1.76 bits per heavy atom. The standard InChI is InChI=1S/C27H37N3O7/c1-26(2,3)36-16-19(24(32)35-5)28-25(33)30-14-11-27(17-30)9-12-29(13-10-27)23(31)21-15-18-7-6-8-20(34-4)22(18)37-21/h6-8,15,19H,9-14,16-17H2,1-5H3,(H,28,33). The number of carbonyl (C=O) groups excluding carboxylic acids is 3. The smallest absolute Gasteiger partial charge is 0.330 e. The number of urea groups is 1. The third kappa shape index (κ3) is 6.01. The molecule has 10 nitrogen and oxygen atoms in total. The topological polar surface area (TPSA) is 111 Å². The SMILES string of the molecule is COC(=O)C(COC(C)(C)C)NC(=O)N1CCC2(CCN(C(=O)c3cc4cccc(OC)c4o3)CC2)C1. The van der Waals surface area contributed by atoms with Crippen LogP contribution in [0, 0.1) is 5.41 Å². The number of benzene rings is 1. The molecule has 2 aliphatic rings. The normalized spacial score (nSPS) is 18.2. The number of hydrogen-bond donors (Lipinski definition) is 1. The number of nitrogens with zero attached hydrogens (tertiary/aromatic N) is 2. The van der Waals surface area contributed by atoms with Crippen molar-refractivity contribution in [1.29, 1.82) is 0 Å². The first kappa shape index (κ1) is 26.8. The van der Waals surface area contributed by atoms with Crippen LogP contribution >= 0.6 is 0 Å². The van der Waals surface area contributed by atoms with Crippen molar-refractivity contribution < 1.29 is 33.0 Å². The molecular formula is C27H37N3O7. The van der Waals surface area contributed by atoms with Crippen molar-refractivity contribution in [2.75, 3.05) is 47.0 Å². The Labute approximate surface area is 217 Å². The lowest BCUT2D eigenvalue weighted by atomic mass is 9.78. The molecule has 0 bridgehead atoms. The zero-order valence-corrected chi connectivity index (χ0v) is 22.3. The van der Waals surface area contributed by atoms with E-state index in [1.54, 1.807) is 24.1 Å². The van der Waals surface area contributed by atoms with Crippen LogP contribution < -0.4 is 10.1 Å². The summed E-state index contributed by atoms with van der Waals surface area (Å²) in [4.78, 5) is 41.9. The Balaban J connectivity index is 1.33. The van der Waals surface area contributed by atoms with E-state index in [1.165, 1.54) is 7.11 Å². The molecule has 2 saturated heterocycles. The van der Waals surface area contributed by atoms with Crippen LogP contribution in [-0.2, 0) is 14.3 Å². The van der Waals surface area contributed by atoms with Gasteiger partial charge in [-0.1, -0.05) is 12.1 Å². The van der Waals surface area contributed by atoms with E-state index in [0.717, 1.165) is 24.6 Å². The van der Waals surface area contributed by atoms with E-state index in [0.29, 0.717) is 43.3 Å². The highest BCUT2D eigenvalue weighted by molar-refractivity contribution is 5.97. The van der Waals surface area contributed by atoms with Crippen molar-refractivity contribution in [3.8, 4) is 5.75 Å². The van der Waals surface area contributed by atoms with E-state index < -0.39 is 17.6 Å². The summed E-state index contributed by atoms with van der Waals surface area (Å²) in [5.41, 5.74) is 0.0695. The lowest BCUT2D eigenvalue weighted by molar-refractivity contribution is -0.146. The number of para-hydroxylation sites is 1. The van der Waals surface area contributed by atoms with Crippen molar-refractivity contribution in [3.05, 3.63) is 30.0 Å². The van der Waals surface area contributed by atoms with Crippen LogP contribution in [0.15, 0.2) is 28.7 Å². The second-order valence-electron chi connectivity index (χ2n) is 10.9. The molecule has 0 aliphatic carbocycles. The fourth-order valence-electron chi connectivity index (χ4n) is 5.04. The summed E-state index contributed by atoms with van der Waals surface area (Å²) < 4.78 is 21.7. The number of ether oxygens (including phenoxy) is 3.